The predicted molar refractivity (Wildman–Crippen MR) is 77.4 cm³/mol. The molecule has 5 nitrogen and oxygen atoms in total. The van der Waals surface area contributed by atoms with Gasteiger partial charge < -0.3 is 15.3 Å². The minimum atomic E-state index is -0.573. The lowest BCUT2D eigenvalue weighted by Crippen LogP contribution is -2.47. The molecule has 1 fully saturated rings. The molecule has 2 rings (SSSR count). The van der Waals surface area contributed by atoms with Crippen LogP contribution in [0.3, 0.4) is 0 Å². The van der Waals surface area contributed by atoms with Crippen molar-refractivity contribution >= 4 is 23.2 Å². The van der Waals surface area contributed by atoms with Gasteiger partial charge in [0.15, 0.2) is 0 Å². The van der Waals surface area contributed by atoms with E-state index < -0.39 is 6.10 Å². The lowest BCUT2D eigenvalue weighted by atomic mass is 10.2. The van der Waals surface area contributed by atoms with E-state index in [2.05, 4.69) is 5.32 Å². The van der Waals surface area contributed by atoms with Crippen molar-refractivity contribution < 1.29 is 14.7 Å². The van der Waals surface area contributed by atoms with Crippen LogP contribution in [0.15, 0.2) is 17.5 Å². The third-order valence-corrected chi connectivity index (χ3v) is 4.23. The maximum atomic E-state index is 12.3. The Labute approximate surface area is 122 Å². The Morgan fingerprint density at radius 3 is 3.05 bits per heavy atom. The largest absolute Gasteiger partial charge is 0.392 e. The second kappa shape index (κ2) is 6.85. The second-order valence-electron chi connectivity index (χ2n) is 5.10. The molecule has 1 aromatic heterocycles. The summed E-state index contributed by atoms with van der Waals surface area (Å²) in [7, 11) is 0. The van der Waals surface area contributed by atoms with Gasteiger partial charge in [-0.25, -0.2) is 0 Å². The van der Waals surface area contributed by atoms with E-state index in [0.29, 0.717) is 19.4 Å². The van der Waals surface area contributed by atoms with Crippen molar-refractivity contribution in [3.63, 3.8) is 0 Å². The van der Waals surface area contributed by atoms with Gasteiger partial charge in [-0.15, -0.1) is 11.3 Å². The lowest BCUT2D eigenvalue weighted by Gasteiger charge is -2.24. The molecule has 0 saturated carbocycles. The van der Waals surface area contributed by atoms with Crippen LogP contribution in [0, 0.1) is 0 Å². The molecule has 1 aliphatic heterocycles. The van der Waals surface area contributed by atoms with Crippen LogP contribution in [-0.4, -0.2) is 47.1 Å². The third-order valence-electron chi connectivity index (χ3n) is 3.35. The number of amides is 2. The van der Waals surface area contributed by atoms with Crippen LogP contribution in [0.1, 0.15) is 24.6 Å². The molecule has 2 heterocycles. The predicted octanol–water partition coefficient (Wildman–Crippen LogP) is 0.779. The summed E-state index contributed by atoms with van der Waals surface area (Å²) in [5, 5.41) is 13.8. The molecule has 2 unspecified atom stereocenters. The zero-order valence-corrected chi connectivity index (χ0v) is 12.4. The van der Waals surface area contributed by atoms with Gasteiger partial charge in [-0.05, 0) is 31.2 Å². The van der Waals surface area contributed by atoms with Crippen molar-refractivity contribution in [2.24, 2.45) is 0 Å². The molecule has 2 atom stereocenters. The maximum absolute atomic E-state index is 12.3. The van der Waals surface area contributed by atoms with Crippen LogP contribution in [0.5, 0.6) is 0 Å². The SMILES string of the molecule is CC(O)CNC(=O)C1CCCN1C(=O)Cc1cccs1. The summed E-state index contributed by atoms with van der Waals surface area (Å²) in [6.07, 6.45) is 1.33. The number of nitrogens with one attached hydrogen (secondary N) is 1. The minimum absolute atomic E-state index is 0.00199. The number of carbonyl (C=O) groups is 2. The Morgan fingerprint density at radius 1 is 1.60 bits per heavy atom. The normalized spacial score (nSPS) is 19.9. The highest BCUT2D eigenvalue weighted by Crippen LogP contribution is 2.20. The third kappa shape index (κ3) is 3.80. The van der Waals surface area contributed by atoms with Crippen molar-refractivity contribution in [1.82, 2.24) is 10.2 Å². The molecule has 0 aliphatic carbocycles. The van der Waals surface area contributed by atoms with Crippen LogP contribution in [0.2, 0.25) is 0 Å². The summed E-state index contributed by atoms with van der Waals surface area (Å²) in [6.45, 7) is 2.48. The number of hydrogen-bond donors (Lipinski definition) is 2. The summed E-state index contributed by atoms with van der Waals surface area (Å²) in [5.74, 6) is -0.162. The van der Waals surface area contributed by atoms with Crippen LogP contribution < -0.4 is 5.32 Å². The van der Waals surface area contributed by atoms with E-state index >= 15 is 0 Å². The van der Waals surface area contributed by atoms with E-state index in [4.69, 9.17) is 0 Å². The number of aliphatic hydroxyl groups excluding tert-OH is 1. The molecule has 1 aromatic rings. The zero-order valence-electron chi connectivity index (χ0n) is 11.5. The number of thiophene rings is 1. The quantitative estimate of drug-likeness (QED) is 0.843. The van der Waals surface area contributed by atoms with Gasteiger partial charge in [-0.1, -0.05) is 6.07 Å². The number of aliphatic hydroxyl groups is 1. The smallest absolute Gasteiger partial charge is 0.242 e. The lowest BCUT2D eigenvalue weighted by molar-refractivity contribution is -0.138. The van der Waals surface area contributed by atoms with Crippen molar-refractivity contribution in [3.05, 3.63) is 22.4 Å². The van der Waals surface area contributed by atoms with E-state index in [0.717, 1.165) is 11.3 Å². The molecule has 2 N–H and O–H groups in total. The number of carbonyl (C=O) groups excluding carboxylic acids is 2. The number of rotatable bonds is 5. The molecule has 1 aliphatic rings. The molecule has 1 saturated heterocycles. The maximum Gasteiger partial charge on any atom is 0.242 e. The fourth-order valence-corrected chi connectivity index (χ4v) is 3.06. The van der Waals surface area contributed by atoms with E-state index in [1.807, 2.05) is 17.5 Å². The minimum Gasteiger partial charge on any atom is -0.392 e. The van der Waals surface area contributed by atoms with Gasteiger partial charge in [0.1, 0.15) is 6.04 Å². The van der Waals surface area contributed by atoms with Crippen molar-refractivity contribution in [3.8, 4) is 0 Å². The number of nitrogens with zero attached hydrogens (tertiary/aromatic N) is 1. The van der Waals surface area contributed by atoms with Crippen molar-refractivity contribution in [1.29, 1.82) is 0 Å². The van der Waals surface area contributed by atoms with Gasteiger partial charge in [-0.2, -0.15) is 0 Å². The van der Waals surface area contributed by atoms with E-state index in [9.17, 15) is 14.7 Å². The Morgan fingerprint density at radius 2 is 2.40 bits per heavy atom. The van der Waals surface area contributed by atoms with Crippen LogP contribution >= 0.6 is 11.3 Å². The highest BCUT2D eigenvalue weighted by atomic mass is 32.1. The molecule has 0 spiro atoms. The topological polar surface area (TPSA) is 69.6 Å². The molecule has 0 bridgehead atoms. The average Bonchev–Trinajstić information content (AvgIpc) is 3.05. The van der Waals surface area contributed by atoms with Crippen LogP contribution in [0.4, 0.5) is 0 Å². The molecule has 0 aromatic carbocycles. The monoisotopic (exact) mass is 296 g/mol. The molecule has 6 heteroatoms. The molecular formula is C14H20N2O3S. The summed E-state index contributed by atoms with van der Waals surface area (Å²) in [6, 6.07) is 3.46. The summed E-state index contributed by atoms with van der Waals surface area (Å²) < 4.78 is 0. The highest BCUT2D eigenvalue weighted by Gasteiger charge is 2.33. The summed E-state index contributed by atoms with van der Waals surface area (Å²) >= 11 is 1.55. The summed E-state index contributed by atoms with van der Waals surface area (Å²) in [5.41, 5.74) is 0. The second-order valence-corrected chi connectivity index (χ2v) is 6.13. The average molecular weight is 296 g/mol. The first kappa shape index (κ1) is 15.0. The zero-order chi connectivity index (χ0) is 14.5. The van der Waals surface area contributed by atoms with Gasteiger partial charge in [0.2, 0.25) is 11.8 Å². The summed E-state index contributed by atoms with van der Waals surface area (Å²) in [4.78, 5) is 27.0. The Kier molecular flexibility index (Phi) is 5.14. The van der Waals surface area contributed by atoms with Crippen LogP contribution in [-0.2, 0) is 16.0 Å². The van der Waals surface area contributed by atoms with Gasteiger partial charge in [-0.3, -0.25) is 9.59 Å². The van der Waals surface area contributed by atoms with E-state index in [-0.39, 0.29) is 24.4 Å². The first-order chi connectivity index (χ1) is 9.58. The highest BCUT2D eigenvalue weighted by molar-refractivity contribution is 7.10. The van der Waals surface area contributed by atoms with Crippen molar-refractivity contribution in [2.45, 2.75) is 38.3 Å². The van der Waals surface area contributed by atoms with Gasteiger partial charge in [0, 0.05) is 18.0 Å². The molecule has 2 amide bonds. The fraction of sp³-hybridized carbons (Fsp3) is 0.571. The standard InChI is InChI=1S/C14H20N2O3S/c1-10(17)9-15-14(19)12-5-2-6-16(12)13(18)8-11-4-3-7-20-11/h3-4,7,10,12,17H,2,5-6,8-9H2,1H3,(H,15,19). The van der Waals surface area contributed by atoms with E-state index in [1.165, 1.54) is 0 Å². The number of hydrogen-bond acceptors (Lipinski definition) is 4. The first-order valence-corrected chi connectivity index (χ1v) is 7.73. The first-order valence-electron chi connectivity index (χ1n) is 6.85. The van der Waals surface area contributed by atoms with Gasteiger partial charge in [0.25, 0.3) is 0 Å². The fourth-order valence-electron chi connectivity index (χ4n) is 2.37. The molecule has 20 heavy (non-hydrogen) atoms. The van der Waals surface area contributed by atoms with Crippen molar-refractivity contribution in [2.75, 3.05) is 13.1 Å². The Hall–Kier alpha value is -1.40. The Balaban J connectivity index is 1.92. The van der Waals surface area contributed by atoms with Gasteiger partial charge in [0.05, 0.1) is 12.5 Å². The molecule has 110 valence electrons. The number of likely N-dealkylation sites (tertiary alicyclic amines) is 1. The van der Waals surface area contributed by atoms with Crippen LogP contribution in [0.25, 0.3) is 0 Å². The Bertz CT molecular complexity index is 459. The molecular weight excluding hydrogens is 276 g/mol. The molecule has 0 radical (unpaired) electrons. The van der Waals surface area contributed by atoms with Gasteiger partial charge >= 0.3 is 0 Å². The van der Waals surface area contributed by atoms with E-state index in [1.54, 1.807) is 23.2 Å².